The quantitative estimate of drug-likeness (QED) is 0.540. The summed E-state index contributed by atoms with van der Waals surface area (Å²) in [6.45, 7) is 3.45. The minimum atomic E-state index is -4.73. The van der Waals surface area contributed by atoms with Crippen molar-refractivity contribution < 1.29 is 22.3 Å². The van der Waals surface area contributed by atoms with E-state index in [9.17, 15) is 17.6 Å². The maximum atomic E-state index is 13.4. The van der Waals surface area contributed by atoms with Crippen molar-refractivity contribution in [1.29, 1.82) is 0 Å². The second-order valence-electron chi connectivity index (χ2n) is 7.59. The van der Waals surface area contributed by atoms with Crippen molar-refractivity contribution in [3.63, 3.8) is 0 Å². The third-order valence-corrected chi connectivity index (χ3v) is 5.16. The second kappa shape index (κ2) is 9.04. The molecular weight excluding hydrogens is 424 g/mol. The van der Waals surface area contributed by atoms with Gasteiger partial charge in [-0.1, -0.05) is 0 Å². The van der Waals surface area contributed by atoms with Gasteiger partial charge in [-0.05, 0) is 61.6 Å². The zero-order valence-corrected chi connectivity index (χ0v) is 17.4. The van der Waals surface area contributed by atoms with Crippen molar-refractivity contribution in [2.45, 2.75) is 6.36 Å². The van der Waals surface area contributed by atoms with Crippen molar-refractivity contribution in [2.75, 3.05) is 43.4 Å². The van der Waals surface area contributed by atoms with Crippen LogP contribution in [0.1, 0.15) is 0 Å². The molecule has 168 valence electrons. The minimum Gasteiger partial charge on any atom is -0.406 e. The molecule has 0 aliphatic carbocycles. The Balaban J connectivity index is 1.62. The largest absolute Gasteiger partial charge is 0.573 e. The molecule has 2 heterocycles. The predicted octanol–water partition coefficient (Wildman–Crippen LogP) is 5.28. The standard InChI is InChI=1S/C23H22F4N4O/c1-30-10-12-31(13-11-30)22-15-19(14-21(29-22)16-2-4-17(24)5-3-16)28-18-6-8-20(9-7-18)32-23(25,26)27/h2-9,14-15H,10-13H2,1H3,(H,28,29). The Kier molecular flexibility index (Phi) is 6.18. The van der Waals surface area contributed by atoms with E-state index in [1.807, 2.05) is 12.1 Å². The molecule has 2 aromatic carbocycles. The summed E-state index contributed by atoms with van der Waals surface area (Å²) >= 11 is 0. The molecule has 1 aromatic heterocycles. The summed E-state index contributed by atoms with van der Waals surface area (Å²) in [7, 11) is 2.07. The molecule has 1 N–H and O–H groups in total. The van der Waals surface area contributed by atoms with Gasteiger partial charge in [-0.2, -0.15) is 0 Å². The van der Waals surface area contributed by atoms with Crippen LogP contribution in [0.5, 0.6) is 5.75 Å². The fourth-order valence-electron chi connectivity index (χ4n) is 3.46. The van der Waals surface area contributed by atoms with Gasteiger partial charge in [-0.15, -0.1) is 13.2 Å². The van der Waals surface area contributed by atoms with Crippen molar-refractivity contribution >= 4 is 17.2 Å². The summed E-state index contributed by atoms with van der Waals surface area (Å²) in [6.07, 6.45) is -4.73. The Labute approximate surface area is 183 Å². The van der Waals surface area contributed by atoms with Crippen molar-refractivity contribution in [1.82, 2.24) is 9.88 Å². The molecule has 4 rings (SSSR count). The number of nitrogens with zero attached hydrogens (tertiary/aromatic N) is 3. The monoisotopic (exact) mass is 446 g/mol. The minimum absolute atomic E-state index is 0.289. The maximum absolute atomic E-state index is 13.4. The van der Waals surface area contributed by atoms with Gasteiger partial charge >= 0.3 is 6.36 Å². The Morgan fingerprint density at radius 3 is 2.16 bits per heavy atom. The van der Waals surface area contributed by atoms with Crippen LogP contribution < -0.4 is 15.0 Å². The molecule has 0 saturated carbocycles. The maximum Gasteiger partial charge on any atom is 0.573 e. The molecule has 0 bridgehead atoms. The summed E-state index contributed by atoms with van der Waals surface area (Å²) in [5, 5.41) is 3.22. The van der Waals surface area contributed by atoms with Gasteiger partial charge in [0, 0.05) is 49.2 Å². The Bertz CT molecular complexity index is 1050. The highest BCUT2D eigenvalue weighted by Crippen LogP contribution is 2.30. The van der Waals surface area contributed by atoms with Crippen molar-refractivity contribution in [3.05, 3.63) is 66.5 Å². The predicted molar refractivity (Wildman–Crippen MR) is 116 cm³/mol. The number of piperazine rings is 1. The van der Waals surface area contributed by atoms with Gasteiger partial charge in [0.1, 0.15) is 17.4 Å². The van der Waals surface area contributed by atoms with Gasteiger partial charge in [0.05, 0.1) is 5.69 Å². The summed E-state index contributed by atoms with van der Waals surface area (Å²) in [5.41, 5.74) is 2.75. The molecule has 1 fully saturated rings. The van der Waals surface area contributed by atoms with E-state index in [2.05, 4.69) is 26.9 Å². The SMILES string of the molecule is CN1CCN(c2cc(Nc3ccc(OC(F)(F)F)cc3)cc(-c3ccc(F)cc3)n2)CC1. The van der Waals surface area contributed by atoms with E-state index in [1.54, 1.807) is 12.1 Å². The summed E-state index contributed by atoms with van der Waals surface area (Å²) < 4.78 is 54.5. The average Bonchev–Trinajstić information content (AvgIpc) is 2.75. The highest BCUT2D eigenvalue weighted by molar-refractivity contribution is 5.72. The van der Waals surface area contributed by atoms with E-state index < -0.39 is 6.36 Å². The second-order valence-corrected chi connectivity index (χ2v) is 7.59. The number of nitrogens with one attached hydrogen (secondary N) is 1. The number of halogens is 4. The van der Waals surface area contributed by atoms with Crippen molar-refractivity contribution in [2.24, 2.45) is 0 Å². The summed E-state index contributed by atoms with van der Waals surface area (Å²) in [6, 6.07) is 15.3. The molecule has 1 saturated heterocycles. The lowest BCUT2D eigenvalue weighted by Crippen LogP contribution is -2.44. The molecular formula is C23H22F4N4O. The van der Waals surface area contributed by atoms with Gasteiger partial charge in [-0.3, -0.25) is 0 Å². The first-order valence-electron chi connectivity index (χ1n) is 10.1. The molecule has 0 unspecified atom stereocenters. The Hall–Kier alpha value is -3.33. The molecule has 9 heteroatoms. The highest BCUT2D eigenvalue weighted by atomic mass is 19.4. The van der Waals surface area contributed by atoms with Gasteiger partial charge < -0.3 is 19.9 Å². The van der Waals surface area contributed by atoms with E-state index in [-0.39, 0.29) is 11.6 Å². The first-order valence-corrected chi connectivity index (χ1v) is 10.1. The van der Waals surface area contributed by atoms with Gasteiger partial charge in [0.25, 0.3) is 0 Å². The first kappa shape index (κ1) is 21.9. The number of hydrogen-bond acceptors (Lipinski definition) is 5. The van der Waals surface area contributed by atoms with Crippen LogP contribution in [0.3, 0.4) is 0 Å². The number of ether oxygens (including phenoxy) is 1. The topological polar surface area (TPSA) is 40.6 Å². The van der Waals surface area contributed by atoms with Gasteiger partial charge in [0.2, 0.25) is 0 Å². The third kappa shape index (κ3) is 5.67. The molecule has 3 aromatic rings. The molecule has 1 aliphatic rings. The van der Waals surface area contributed by atoms with Crippen LogP contribution in [0.4, 0.5) is 34.8 Å². The fraction of sp³-hybridized carbons (Fsp3) is 0.261. The van der Waals surface area contributed by atoms with E-state index in [1.165, 1.54) is 36.4 Å². The van der Waals surface area contributed by atoms with Crippen LogP contribution in [-0.4, -0.2) is 49.5 Å². The van der Waals surface area contributed by atoms with Crippen LogP contribution in [-0.2, 0) is 0 Å². The Morgan fingerprint density at radius 2 is 1.53 bits per heavy atom. The number of hydrogen-bond donors (Lipinski definition) is 1. The number of aromatic nitrogens is 1. The van der Waals surface area contributed by atoms with Crippen LogP contribution in [0.25, 0.3) is 11.3 Å². The number of benzene rings is 2. The van der Waals surface area contributed by atoms with Gasteiger partial charge in [-0.25, -0.2) is 9.37 Å². The number of anilines is 3. The first-order chi connectivity index (χ1) is 15.2. The average molecular weight is 446 g/mol. The van der Waals surface area contributed by atoms with E-state index in [4.69, 9.17) is 4.98 Å². The molecule has 0 amide bonds. The number of alkyl halides is 3. The third-order valence-electron chi connectivity index (χ3n) is 5.16. The molecule has 0 radical (unpaired) electrons. The lowest BCUT2D eigenvalue weighted by atomic mass is 10.1. The number of rotatable bonds is 5. The normalized spacial score (nSPS) is 15.0. The summed E-state index contributed by atoms with van der Waals surface area (Å²) in [5.74, 6) is 0.158. The van der Waals surface area contributed by atoms with Crippen LogP contribution >= 0.6 is 0 Å². The van der Waals surface area contributed by atoms with Crippen LogP contribution in [0, 0.1) is 5.82 Å². The smallest absolute Gasteiger partial charge is 0.406 e. The van der Waals surface area contributed by atoms with Gasteiger partial charge in [0.15, 0.2) is 0 Å². The van der Waals surface area contributed by atoms with Crippen molar-refractivity contribution in [3.8, 4) is 17.0 Å². The summed E-state index contributed by atoms with van der Waals surface area (Å²) in [4.78, 5) is 9.20. The lowest BCUT2D eigenvalue weighted by Gasteiger charge is -2.33. The highest BCUT2D eigenvalue weighted by Gasteiger charge is 2.31. The lowest BCUT2D eigenvalue weighted by molar-refractivity contribution is -0.274. The number of pyridine rings is 1. The fourth-order valence-corrected chi connectivity index (χ4v) is 3.46. The molecule has 0 atom stereocenters. The van der Waals surface area contributed by atoms with E-state index in [0.717, 1.165) is 43.2 Å². The zero-order valence-electron chi connectivity index (χ0n) is 17.4. The molecule has 1 aliphatic heterocycles. The Morgan fingerprint density at radius 1 is 0.875 bits per heavy atom. The number of likely N-dealkylation sites (N-methyl/N-ethyl adjacent to an activating group) is 1. The van der Waals surface area contributed by atoms with Crippen LogP contribution in [0.2, 0.25) is 0 Å². The molecule has 0 spiro atoms. The van der Waals surface area contributed by atoms with E-state index >= 15 is 0 Å². The van der Waals surface area contributed by atoms with Crippen LogP contribution in [0.15, 0.2) is 60.7 Å². The zero-order chi connectivity index (χ0) is 22.7. The van der Waals surface area contributed by atoms with E-state index in [0.29, 0.717) is 11.4 Å². The molecule has 5 nitrogen and oxygen atoms in total. The molecule has 32 heavy (non-hydrogen) atoms.